The lowest BCUT2D eigenvalue weighted by atomic mass is 9.78. The second kappa shape index (κ2) is 30.6. The second-order valence-electron chi connectivity index (χ2n) is 24.0. The molecule has 9 atom stereocenters. The summed E-state index contributed by atoms with van der Waals surface area (Å²) in [6, 6.07) is 8.26. The highest BCUT2D eigenvalue weighted by Crippen LogP contribution is 2.50. The van der Waals surface area contributed by atoms with Crippen molar-refractivity contribution in [2.45, 2.75) is 199 Å². The average molecular weight is 1190 g/mol. The molecule has 0 aromatic heterocycles. The molecule has 0 radical (unpaired) electrons. The number of benzene rings is 2. The average Bonchev–Trinajstić information content (AvgIpc) is 1.65. The minimum absolute atomic E-state index is 0.00779. The van der Waals surface area contributed by atoms with Crippen LogP contribution in [0.15, 0.2) is 60.2 Å². The molecular formula is C63H90ClN5O15. The van der Waals surface area contributed by atoms with Crippen molar-refractivity contribution in [2.24, 2.45) is 29.4 Å². The van der Waals surface area contributed by atoms with E-state index in [9.17, 15) is 43.5 Å². The van der Waals surface area contributed by atoms with Crippen molar-refractivity contribution < 1.29 is 71.9 Å². The number of ether oxygens (including phenoxy) is 6. The number of unbranched alkanes of at least 4 members (excludes halogenated alkanes) is 1. The zero-order valence-corrected chi connectivity index (χ0v) is 51.8. The summed E-state index contributed by atoms with van der Waals surface area (Å²) >= 11 is 6.85. The summed E-state index contributed by atoms with van der Waals surface area (Å²) in [7, 11) is 4.48. The number of nitrogens with one attached hydrogen (secondary N) is 3. The molecule has 3 aliphatic rings. The van der Waals surface area contributed by atoms with Crippen LogP contribution in [-0.2, 0) is 65.3 Å². The molecule has 3 heterocycles. The molecule has 5 amide bonds. The number of hydrogen-bond acceptors (Lipinski definition) is 15. The Bertz CT molecular complexity index is 2730. The van der Waals surface area contributed by atoms with Gasteiger partial charge in [-0.1, -0.05) is 82.2 Å². The number of nitrogens with two attached hydrogens (primary N) is 1. The molecule has 2 aromatic carbocycles. The van der Waals surface area contributed by atoms with E-state index in [1.54, 1.807) is 69.4 Å². The largest absolute Gasteiger partial charge is 0.495 e. The van der Waals surface area contributed by atoms with Crippen LogP contribution >= 0.6 is 11.6 Å². The van der Waals surface area contributed by atoms with Crippen molar-refractivity contribution in [3.63, 3.8) is 0 Å². The first kappa shape index (κ1) is 68.4. The first-order valence-electron chi connectivity index (χ1n) is 29.3. The maximum absolute atomic E-state index is 14.4. The number of rotatable bonds is 25. The summed E-state index contributed by atoms with van der Waals surface area (Å²) < 4.78 is 35.4. The number of hydrogen-bond donors (Lipinski definition) is 5. The van der Waals surface area contributed by atoms with E-state index in [0.29, 0.717) is 61.9 Å². The van der Waals surface area contributed by atoms with E-state index >= 15 is 0 Å². The minimum atomic E-state index is -1.64. The zero-order chi connectivity index (χ0) is 62.3. The van der Waals surface area contributed by atoms with Crippen LogP contribution in [0, 0.1) is 23.7 Å². The van der Waals surface area contributed by atoms with Gasteiger partial charge in [-0.15, -0.1) is 0 Å². The number of epoxide rings is 1. The number of amides is 5. The first-order chi connectivity index (χ1) is 39.6. The molecule has 20 nitrogen and oxygen atoms in total. The van der Waals surface area contributed by atoms with Gasteiger partial charge in [0.2, 0.25) is 11.8 Å². The first-order valence-corrected chi connectivity index (χ1v) is 29.7. The van der Waals surface area contributed by atoms with Crippen LogP contribution < -0.4 is 31.3 Å². The van der Waals surface area contributed by atoms with E-state index in [1.807, 2.05) is 54.5 Å². The van der Waals surface area contributed by atoms with E-state index in [1.165, 1.54) is 19.1 Å². The third-order valence-electron chi connectivity index (χ3n) is 16.5. The molecule has 4 bridgehead atoms. The summed E-state index contributed by atoms with van der Waals surface area (Å²) in [5.41, 5.74) is 4.56. The lowest BCUT2D eigenvalue weighted by molar-refractivity contribution is -0.187. The lowest BCUT2D eigenvalue weighted by Crippen LogP contribution is -2.53. The Kier molecular flexibility index (Phi) is 25.0. The molecule has 2 saturated heterocycles. The van der Waals surface area contributed by atoms with E-state index in [-0.39, 0.29) is 91.6 Å². The fourth-order valence-corrected chi connectivity index (χ4v) is 11.5. The molecule has 6 N–H and O–H groups in total. The number of carbonyl (C=O) groups excluding carboxylic acids is 8. The number of primary amides is 1. The molecule has 2 aromatic rings. The lowest BCUT2D eigenvalue weighted by Gasteiger charge is -2.41. The molecule has 0 spiro atoms. The Labute approximate surface area is 500 Å². The van der Waals surface area contributed by atoms with Crippen LogP contribution in [0.25, 0.3) is 0 Å². The van der Waals surface area contributed by atoms with Gasteiger partial charge in [0.1, 0.15) is 51.7 Å². The Morgan fingerprint density at radius 2 is 1.70 bits per heavy atom. The molecule has 3 aliphatic heterocycles. The van der Waals surface area contributed by atoms with Crippen LogP contribution in [0.5, 0.6) is 5.75 Å². The number of halogens is 1. The number of nitrogens with zero attached hydrogens (tertiary/aromatic N) is 1. The molecule has 0 aliphatic carbocycles. The highest BCUT2D eigenvalue weighted by atomic mass is 35.5. The number of aliphatic hydroxyl groups is 1. The van der Waals surface area contributed by atoms with Gasteiger partial charge in [0.25, 0.3) is 0 Å². The zero-order valence-electron chi connectivity index (χ0n) is 51.1. The van der Waals surface area contributed by atoms with Crippen molar-refractivity contribution in [2.75, 3.05) is 38.0 Å². The monoisotopic (exact) mass is 1190 g/mol. The smallest absolute Gasteiger partial charge is 0.412 e. The Balaban J connectivity index is 1.30. The van der Waals surface area contributed by atoms with E-state index in [4.69, 9.17) is 45.8 Å². The van der Waals surface area contributed by atoms with Crippen LogP contribution in [0.4, 0.5) is 21.0 Å². The van der Waals surface area contributed by atoms with Gasteiger partial charge in [0.05, 0.1) is 43.7 Å². The summed E-state index contributed by atoms with van der Waals surface area (Å²) in [5.74, 6) is -3.52. The second-order valence-corrected chi connectivity index (χ2v) is 24.3. The molecule has 21 heteroatoms. The fraction of sp³-hybridized carbons (Fsp3) is 0.619. The number of Topliss-reactive ketones (excluding diaryl/α,β-unsaturated/α-hetero) is 2. The van der Waals surface area contributed by atoms with E-state index in [0.717, 1.165) is 11.1 Å². The van der Waals surface area contributed by atoms with Gasteiger partial charge < -0.3 is 54.8 Å². The van der Waals surface area contributed by atoms with Gasteiger partial charge >= 0.3 is 24.1 Å². The number of urea groups is 1. The molecular weight excluding hydrogens is 1100 g/mol. The van der Waals surface area contributed by atoms with Crippen LogP contribution in [0.3, 0.4) is 0 Å². The SMILES string of the molecule is CCC(CC)C(=O)OC(C)(C)CCCCC(=O)C[C@H](C(=O)N[C@@H](CCCNC(N)=O)C(=O)Cc1ccc(NC(=O)O[C@H]2CC(=O)N(C)c3cc(cc(OC)c3Cl)C/C(C)=C/C=C/[C@@H](OC)[C@]3(O)CC(=O)O[C@@H](C3)[C@@H](C)[C@@H]3O[C@@]23C)cc1)C(C)C. The number of methoxy groups -OCH3 is 2. The summed E-state index contributed by atoms with van der Waals surface area (Å²) in [4.78, 5) is 108. The molecule has 0 unspecified atom stereocenters. The number of esters is 2. The molecule has 84 heavy (non-hydrogen) atoms. The van der Waals surface area contributed by atoms with Gasteiger partial charge in [-0.2, -0.15) is 0 Å². The topological polar surface area (TPSA) is 281 Å². The quantitative estimate of drug-likeness (QED) is 0.0268. The number of ketones is 2. The number of allylic oxidation sites excluding steroid dienone is 3. The maximum atomic E-state index is 14.4. The van der Waals surface area contributed by atoms with Crippen LogP contribution in [0.1, 0.15) is 150 Å². The Morgan fingerprint density at radius 3 is 2.33 bits per heavy atom. The predicted octanol–water partition coefficient (Wildman–Crippen LogP) is 9.22. The van der Waals surface area contributed by atoms with Crippen molar-refractivity contribution in [1.82, 2.24) is 10.6 Å². The van der Waals surface area contributed by atoms with E-state index in [2.05, 4.69) is 16.0 Å². The molecule has 5 rings (SSSR count). The third-order valence-corrected chi connectivity index (χ3v) is 16.9. The predicted molar refractivity (Wildman–Crippen MR) is 318 cm³/mol. The van der Waals surface area contributed by atoms with Crippen LogP contribution in [0.2, 0.25) is 5.02 Å². The molecule has 464 valence electrons. The fourth-order valence-electron chi connectivity index (χ4n) is 11.2. The van der Waals surface area contributed by atoms with Gasteiger partial charge in [-0.3, -0.25) is 34.1 Å². The molecule has 0 saturated carbocycles. The summed E-state index contributed by atoms with van der Waals surface area (Å²) in [6.45, 7) is 16.9. The van der Waals surface area contributed by atoms with Crippen molar-refractivity contribution >= 4 is 70.4 Å². The maximum Gasteiger partial charge on any atom is 0.412 e. The normalized spacial score (nSPS) is 24.5. The Hall–Kier alpha value is -6.35. The summed E-state index contributed by atoms with van der Waals surface area (Å²) in [5, 5.41) is 20.3. The number of anilines is 2. The molecule has 2 fully saturated rings. The van der Waals surface area contributed by atoms with Gasteiger partial charge in [-0.25, -0.2) is 9.59 Å². The highest BCUT2D eigenvalue weighted by molar-refractivity contribution is 6.35. The van der Waals surface area contributed by atoms with Crippen molar-refractivity contribution in [3.05, 3.63) is 76.3 Å². The van der Waals surface area contributed by atoms with Crippen molar-refractivity contribution in [1.29, 1.82) is 0 Å². The van der Waals surface area contributed by atoms with Gasteiger partial charge in [0.15, 0.2) is 5.78 Å². The number of carbonyl (C=O) groups is 8. The Morgan fingerprint density at radius 1 is 1.01 bits per heavy atom. The highest BCUT2D eigenvalue weighted by Gasteiger charge is 2.64. The van der Waals surface area contributed by atoms with Crippen LogP contribution in [-0.4, -0.2) is 128 Å². The van der Waals surface area contributed by atoms with Crippen molar-refractivity contribution in [3.8, 4) is 5.75 Å². The third kappa shape index (κ3) is 19.1. The van der Waals surface area contributed by atoms with Gasteiger partial charge in [0, 0.05) is 63.9 Å². The van der Waals surface area contributed by atoms with E-state index < -0.39 is 89.0 Å². The number of fused-ring (bicyclic) bond motifs is 5. The standard InChI is InChI=1S/C63H90ClN5O15/c1-13-42(14-2)58(75)84-61(7,8)27-16-15-20-44(70)33-45(37(3)4)57(74)68-46(21-18-28-66-59(65)76)48(71)31-40-23-25-43(26-24-40)67-60(77)82-52-34-53(72)69(10)47-30-41(32-49(79-11)55(47)64)29-38(5)19-17-22-51(80-12)63(78)35-50(81-54(73)36-63)39(6)56-62(52,9)83-56/h17,19,22-26,30,32,37,39,42,45-46,50-52,56,78H,13-16,18,20-21,27-29,31,33-36H2,1-12H3,(H,67,77)(H,68,74)(H3,65,66,76)/b22-17+,38-19+/t39-,45+,46+,50+,51-,52+,56+,62+,63-/m1/s1. The minimum Gasteiger partial charge on any atom is -0.495 e. The summed E-state index contributed by atoms with van der Waals surface area (Å²) in [6.07, 6.45) is 4.23. The van der Waals surface area contributed by atoms with Gasteiger partial charge in [-0.05, 0) is 120 Å².